The minimum Gasteiger partial charge on any atom is -0.481 e. The Bertz CT molecular complexity index is 551. The summed E-state index contributed by atoms with van der Waals surface area (Å²) in [6.07, 6.45) is 3.97. The highest BCUT2D eigenvalue weighted by Gasteiger charge is 2.06. The minimum atomic E-state index is -0.829. The molecule has 6 nitrogen and oxygen atoms in total. The first-order valence-electron chi connectivity index (χ1n) is 5.66. The number of carboxylic acids is 1. The maximum atomic E-state index is 10.5. The van der Waals surface area contributed by atoms with Crippen molar-refractivity contribution >= 4 is 5.97 Å². The first-order chi connectivity index (χ1) is 8.65. The van der Waals surface area contributed by atoms with Crippen LogP contribution in [0.3, 0.4) is 0 Å². The quantitative estimate of drug-likeness (QED) is 0.852. The number of aromatic nitrogens is 4. The van der Waals surface area contributed by atoms with E-state index >= 15 is 0 Å². The van der Waals surface area contributed by atoms with E-state index in [0.717, 1.165) is 11.3 Å². The summed E-state index contributed by atoms with van der Waals surface area (Å²) in [5.74, 6) is -0.829. The van der Waals surface area contributed by atoms with Crippen LogP contribution in [-0.4, -0.2) is 31.1 Å². The molecule has 0 aliphatic carbocycles. The Hall–Kier alpha value is -2.24. The molecular weight excluding hydrogens is 232 g/mol. The third-order valence-corrected chi connectivity index (χ3v) is 2.61. The Balaban J connectivity index is 2.02. The van der Waals surface area contributed by atoms with Gasteiger partial charge in [-0.25, -0.2) is 4.68 Å². The van der Waals surface area contributed by atoms with Crippen LogP contribution in [0, 0.1) is 6.92 Å². The Morgan fingerprint density at radius 2 is 2.33 bits per heavy atom. The number of hydrogen-bond acceptors (Lipinski definition) is 4. The van der Waals surface area contributed by atoms with Gasteiger partial charge in [0.05, 0.1) is 24.4 Å². The van der Waals surface area contributed by atoms with E-state index in [1.165, 1.54) is 0 Å². The summed E-state index contributed by atoms with van der Waals surface area (Å²) in [4.78, 5) is 14.7. The summed E-state index contributed by atoms with van der Waals surface area (Å²) in [6, 6.07) is 3.88. The van der Waals surface area contributed by atoms with Gasteiger partial charge in [-0.15, -0.1) is 5.10 Å². The second-order valence-electron chi connectivity index (χ2n) is 4.07. The third-order valence-electron chi connectivity index (χ3n) is 2.61. The zero-order valence-corrected chi connectivity index (χ0v) is 10.1. The summed E-state index contributed by atoms with van der Waals surface area (Å²) in [5, 5.41) is 16.5. The first kappa shape index (κ1) is 12.2. The number of carbonyl (C=O) groups is 1. The van der Waals surface area contributed by atoms with Crippen LogP contribution in [0.1, 0.15) is 23.4 Å². The Labute approximate surface area is 104 Å². The van der Waals surface area contributed by atoms with E-state index in [9.17, 15) is 4.79 Å². The van der Waals surface area contributed by atoms with Crippen LogP contribution in [0.15, 0.2) is 24.5 Å². The van der Waals surface area contributed by atoms with Crippen LogP contribution in [0.25, 0.3) is 0 Å². The normalized spacial score (nSPS) is 10.5. The van der Waals surface area contributed by atoms with Crippen molar-refractivity contribution in [1.82, 2.24) is 20.0 Å². The van der Waals surface area contributed by atoms with Crippen LogP contribution in [-0.2, 0) is 17.8 Å². The molecule has 0 aliphatic rings. The summed E-state index contributed by atoms with van der Waals surface area (Å²) < 4.78 is 1.67. The average molecular weight is 246 g/mol. The van der Waals surface area contributed by atoms with E-state index in [2.05, 4.69) is 15.3 Å². The highest BCUT2D eigenvalue weighted by atomic mass is 16.4. The van der Waals surface area contributed by atoms with Crippen molar-refractivity contribution in [2.45, 2.75) is 26.3 Å². The molecule has 18 heavy (non-hydrogen) atoms. The first-order valence-corrected chi connectivity index (χ1v) is 5.66. The lowest BCUT2D eigenvalue weighted by atomic mass is 10.2. The lowest BCUT2D eigenvalue weighted by Crippen LogP contribution is -2.04. The van der Waals surface area contributed by atoms with Crippen molar-refractivity contribution < 1.29 is 9.90 Å². The van der Waals surface area contributed by atoms with Gasteiger partial charge in [0.15, 0.2) is 0 Å². The maximum absolute atomic E-state index is 10.5. The molecule has 0 spiro atoms. The largest absolute Gasteiger partial charge is 0.481 e. The van der Waals surface area contributed by atoms with E-state index in [4.69, 9.17) is 5.11 Å². The molecule has 0 aliphatic heterocycles. The van der Waals surface area contributed by atoms with Crippen molar-refractivity contribution in [3.8, 4) is 0 Å². The standard InChI is InChI=1S/C12H14N4O2/c1-9-3-2-6-13-11(9)8-16-7-10(14-15-16)4-5-12(17)18/h2-3,6-7H,4-5,8H2,1H3,(H,17,18). The summed E-state index contributed by atoms with van der Waals surface area (Å²) in [6.45, 7) is 2.54. The lowest BCUT2D eigenvalue weighted by molar-refractivity contribution is -0.136. The lowest BCUT2D eigenvalue weighted by Gasteiger charge is -2.02. The number of aryl methyl sites for hydroxylation is 2. The van der Waals surface area contributed by atoms with Gasteiger partial charge >= 0.3 is 5.97 Å². The van der Waals surface area contributed by atoms with Gasteiger partial charge in [-0.2, -0.15) is 0 Å². The number of carboxylic acid groups (broad SMARTS) is 1. The van der Waals surface area contributed by atoms with Crippen LogP contribution in [0.5, 0.6) is 0 Å². The third kappa shape index (κ3) is 3.13. The molecule has 2 heterocycles. The molecule has 0 aromatic carbocycles. The highest BCUT2D eigenvalue weighted by molar-refractivity contribution is 5.66. The van der Waals surface area contributed by atoms with Gasteiger partial charge in [0.25, 0.3) is 0 Å². The van der Waals surface area contributed by atoms with Gasteiger partial charge in [0.1, 0.15) is 0 Å². The number of nitrogens with zero attached hydrogens (tertiary/aromatic N) is 4. The Morgan fingerprint density at radius 1 is 1.50 bits per heavy atom. The van der Waals surface area contributed by atoms with Gasteiger partial charge in [0, 0.05) is 18.8 Å². The fourth-order valence-corrected chi connectivity index (χ4v) is 1.60. The van der Waals surface area contributed by atoms with E-state index in [-0.39, 0.29) is 6.42 Å². The van der Waals surface area contributed by atoms with Crippen molar-refractivity contribution in [2.24, 2.45) is 0 Å². The average Bonchev–Trinajstić information content (AvgIpc) is 2.77. The molecule has 0 unspecified atom stereocenters. The summed E-state index contributed by atoms with van der Waals surface area (Å²) in [7, 11) is 0. The molecule has 94 valence electrons. The molecule has 0 bridgehead atoms. The SMILES string of the molecule is Cc1cccnc1Cn1cc(CCC(=O)O)nn1. The topological polar surface area (TPSA) is 80.9 Å². The van der Waals surface area contributed by atoms with Gasteiger partial charge in [-0.1, -0.05) is 11.3 Å². The van der Waals surface area contributed by atoms with E-state index < -0.39 is 5.97 Å². The zero-order chi connectivity index (χ0) is 13.0. The predicted octanol–water partition coefficient (Wildman–Crippen LogP) is 1.05. The smallest absolute Gasteiger partial charge is 0.303 e. The molecule has 0 amide bonds. The van der Waals surface area contributed by atoms with Crippen LogP contribution >= 0.6 is 0 Å². The van der Waals surface area contributed by atoms with Crippen molar-refractivity contribution in [2.75, 3.05) is 0 Å². The van der Waals surface area contributed by atoms with Crippen LogP contribution in [0.2, 0.25) is 0 Å². The monoisotopic (exact) mass is 246 g/mol. The molecule has 2 rings (SSSR count). The Morgan fingerprint density at radius 3 is 3.06 bits per heavy atom. The van der Waals surface area contributed by atoms with E-state index in [0.29, 0.717) is 18.7 Å². The fraction of sp³-hybridized carbons (Fsp3) is 0.333. The summed E-state index contributed by atoms with van der Waals surface area (Å²) in [5.41, 5.74) is 2.72. The number of rotatable bonds is 5. The predicted molar refractivity (Wildman–Crippen MR) is 64.1 cm³/mol. The molecule has 0 saturated carbocycles. The van der Waals surface area contributed by atoms with Gasteiger partial charge in [-0.3, -0.25) is 9.78 Å². The second-order valence-corrected chi connectivity index (χ2v) is 4.07. The molecule has 0 fully saturated rings. The van der Waals surface area contributed by atoms with Gasteiger partial charge in [0.2, 0.25) is 0 Å². The molecule has 6 heteroatoms. The Kier molecular flexibility index (Phi) is 3.66. The van der Waals surface area contributed by atoms with Crippen molar-refractivity contribution in [1.29, 1.82) is 0 Å². The van der Waals surface area contributed by atoms with Crippen LogP contribution < -0.4 is 0 Å². The summed E-state index contributed by atoms with van der Waals surface area (Å²) >= 11 is 0. The zero-order valence-electron chi connectivity index (χ0n) is 10.1. The second kappa shape index (κ2) is 5.39. The highest BCUT2D eigenvalue weighted by Crippen LogP contribution is 2.06. The van der Waals surface area contributed by atoms with Crippen molar-refractivity contribution in [3.63, 3.8) is 0 Å². The van der Waals surface area contributed by atoms with Gasteiger partial charge < -0.3 is 5.11 Å². The molecule has 0 saturated heterocycles. The molecule has 2 aromatic rings. The number of hydrogen-bond donors (Lipinski definition) is 1. The fourth-order valence-electron chi connectivity index (χ4n) is 1.60. The molecular formula is C12H14N4O2. The number of aliphatic carboxylic acids is 1. The number of pyridine rings is 1. The van der Waals surface area contributed by atoms with Gasteiger partial charge in [-0.05, 0) is 18.6 Å². The minimum absolute atomic E-state index is 0.0707. The molecule has 0 atom stereocenters. The van der Waals surface area contributed by atoms with E-state index in [1.54, 1.807) is 17.1 Å². The molecule has 1 N–H and O–H groups in total. The maximum Gasteiger partial charge on any atom is 0.303 e. The van der Waals surface area contributed by atoms with Crippen LogP contribution in [0.4, 0.5) is 0 Å². The molecule has 2 aromatic heterocycles. The molecule has 0 radical (unpaired) electrons. The van der Waals surface area contributed by atoms with E-state index in [1.807, 2.05) is 19.1 Å². The van der Waals surface area contributed by atoms with Crippen molar-refractivity contribution in [3.05, 3.63) is 41.5 Å².